The summed E-state index contributed by atoms with van der Waals surface area (Å²) >= 11 is 0. The van der Waals surface area contributed by atoms with Crippen LogP contribution in [-0.4, -0.2) is 33.9 Å². The molecule has 0 fully saturated rings. The number of unbranched alkanes of at least 4 members (excludes halogenated alkanes) is 2. The predicted molar refractivity (Wildman–Crippen MR) is 67.6 cm³/mol. The van der Waals surface area contributed by atoms with E-state index in [4.69, 9.17) is 18.9 Å². The molecule has 0 bridgehead atoms. The van der Waals surface area contributed by atoms with Gasteiger partial charge in [-0.1, -0.05) is 19.8 Å². The van der Waals surface area contributed by atoms with Crippen LogP contribution >= 0.6 is 0 Å². The average molecular weight is 246 g/mol. The van der Waals surface area contributed by atoms with Gasteiger partial charge in [-0.3, -0.25) is 0 Å². The first-order valence-electron chi connectivity index (χ1n) is 6.25. The molecule has 0 unspecified atom stereocenters. The Bertz CT molecular complexity index is 167. The Morgan fingerprint density at radius 3 is 2.53 bits per heavy atom. The monoisotopic (exact) mass is 246 g/mol. The smallest absolute Gasteiger partial charge is 0.188 e. The van der Waals surface area contributed by atoms with Crippen molar-refractivity contribution in [1.29, 1.82) is 0 Å². The van der Waals surface area contributed by atoms with Crippen LogP contribution in [0.5, 0.6) is 0 Å². The van der Waals surface area contributed by atoms with E-state index < -0.39 is 0 Å². The van der Waals surface area contributed by atoms with Gasteiger partial charge >= 0.3 is 0 Å². The predicted octanol–water partition coefficient (Wildman–Crippen LogP) is 3.08. The maximum absolute atomic E-state index is 5.28. The Labute approximate surface area is 105 Å². The number of methoxy groups -OCH3 is 2. The van der Waals surface area contributed by atoms with Crippen LogP contribution in [0.4, 0.5) is 0 Å². The first-order chi connectivity index (χ1) is 8.35. The van der Waals surface area contributed by atoms with E-state index in [1.807, 2.05) is 6.08 Å². The molecule has 0 aliphatic rings. The molecule has 0 saturated carbocycles. The van der Waals surface area contributed by atoms with Crippen LogP contribution < -0.4 is 0 Å². The summed E-state index contributed by atoms with van der Waals surface area (Å²) in [6, 6.07) is 0. The molecule has 0 aromatic heterocycles. The summed E-state index contributed by atoms with van der Waals surface area (Å²) in [4.78, 5) is 0. The summed E-state index contributed by atoms with van der Waals surface area (Å²) < 4.78 is 20.6. The van der Waals surface area contributed by atoms with Crippen molar-refractivity contribution < 1.29 is 18.9 Å². The van der Waals surface area contributed by atoms with Crippen LogP contribution in [0.15, 0.2) is 12.3 Å². The van der Waals surface area contributed by atoms with Crippen molar-refractivity contribution in [1.82, 2.24) is 0 Å². The van der Waals surface area contributed by atoms with Crippen LogP contribution in [0.2, 0.25) is 0 Å². The van der Waals surface area contributed by atoms with Gasteiger partial charge in [-0.15, -0.1) is 0 Å². The van der Waals surface area contributed by atoms with Crippen LogP contribution in [0, 0.1) is 0 Å². The number of allylic oxidation sites excluding steroid dienone is 1. The average Bonchev–Trinajstić information content (AvgIpc) is 2.36. The maximum Gasteiger partial charge on any atom is 0.188 e. The number of ether oxygens (including phenoxy) is 4. The van der Waals surface area contributed by atoms with Crippen molar-refractivity contribution in [2.45, 2.75) is 45.3 Å². The van der Waals surface area contributed by atoms with Crippen molar-refractivity contribution in [2.24, 2.45) is 0 Å². The van der Waals surface area contributed by atoms with Gasteiger partial charge < -0.3 is 18.9 Å². The summed E-state index contributed by atoms with van der Waals surface area (Å²) in [5.41, 5.74) is 0. The molecular formula is C13H26O4. The summed E-state index contributed by atoms with van der Waals surface area (Å²) in [5.74, 6) is 0. The molecule has 0 spiro atoms. The molecule has 0 N–H and O–H groups in total. The second-order valence-corrected chi connectivity index (χ2v) is 3.75. The quantitative estimate of drug-likeness (QED) is 0.301. The van der Waals surface area contributed by atoms with Gasteiger partial charge in [0.1, 0.15) is 0 Å². The second-order valence-electron chi connectivity index (χ2n) is 3.75. The Morgan fingerprint density at radius 2 is 1.88 bits per heavy atom. The second kappa shape index (κ2) is 13.5. The van der Waals surface area contributed by atoms with Gasteiger partial charge in [0.2, 0.25) is 0 Å². The minimum atomic E-state index is -0.134. The highest BCUT2D eigenvalue weighted by molar-refractivity contribution is 4.73. The topological polar surface area (TPSA) is 36.9 Å². The van der Waals surface area contributed by atoms with Crippen molar-refractivity contribution in [3.63, 3.8) is 0 Å². The van der Waals surface area contributed by atoms with E-state index in [0.29, 0.717) is 6.79 Å². The molecule has 0 amide bonds. The Balaban J connectivity index is 3.19. The lowest BCUT2D eigenvalue weighted by molar-refractivity contribution is -0.105. The van der Waals surface area contributed by atoms with Crippen molar-refractivity contribution in [3.8, 4) is 0 Å². The van der Waals surface area contributed by atoms with Gasteiger partial charge in [0.25, 0.3) is 0 Å². The zero-order valence-electron chi connectivity index (χ0n) is 11.3. The van der Waals surface area contributed by atoms with Gasteiger partial charge in [-0.25, -0.2) is 0 Å². The van der Waals surface area contributed by atoms with E-state index in [0.717, 1.165) is 25.9 Å². The third-order valence-corrected chi connectivity index (χ3v) is 2.33. The molecular weight excluding hydrogens is 220 g/mol. The van der Waals surface area contributed by atoms with E-state index in [9.17, 15) is 0 Å². The van der Waals surface area contributed by atoms with Gasteiger partial charge in [0.15, 0.2) is 13.1 Å². The summed E-state index contributed by atoms with van der Waals surface area (Å²) in [6.45, 7) is 3.28. The van der Waals surface area contributed by atoms with Crippen LogP contribution in [0.1, 0.15) is 39.0 Å². The standard InChI is InChI=1S/C13H26O4/c1-4-5-7-10-16-12-17-11-8-6-9-13(14-2)15-3/h8,11,13H,4-7,9-10,12H2,1-3H3. The first kappa shape index (κ1) is 16.4. The van der Waals surface area contributed by atoms with E-state index >= 15 is 0 Å². The lowest BCUT2D eigenvalue weighted by Crippen LogP contribution is -2.11. The molecule has 4 heteroatoms. The first-order valence-corrected chi connectivity index (χ1v) is 6.25. The van der Waals surface area contributed by atoms with Gasteiger partial charge in [0.05, 0.1) is 12.9 Å². The van der Waals surface area contributed by atoms with Gasteiger partial charge in [0, 0.05) is 20.6 Å². The zero-order valence-corrected chi connectivity index (χ0v) is 11.3. The normalized spacial score (nSPS) is 11.5. The molecule has 0 aliphatic carbocycles. The fraction of sp³-hybridized carbons (Fsp3) is 0.846. The number of hydrogen-bond acceptors (Lipinski definition) is 4. The third kappa shape index (κ3) is 11.7. The Hall–Kier alpha value is -0.580. The molecule has 0 rings (SSSR count). The molecule has 0 aromatic rings. The highest BCUT2D eigenvalue weighted by Gasteiger charge is 2.01. The van der Waals surface area contributed by atoms with Crippen LogP contribution in [0.25, 0.3) is 0 Å². The Morgan fingerprint density at radius 1 is 1.12 bits per heavy atom. The minimum absolute atomic E-state index is 0.134. The molecule has 4 nitrogen and oxygen atoms in total. The molecule has 0 saturated heterocycles. The molecule has 0 aromatic carbocycles. The highest BCUT2D eigenvalue weighted by atomic mass is 16.7. The summed E-state index contributed by atoms with van der Waals surface area (Å²) in [5, 5.41) is 0. The van der Waals surface area contributed by atoms with Crippen LogP contribution in [0.3, 0.4) is 0 Å². The molecule has 0 heterocycles. The van der Waals surface area contributed by atoms with E-state index in [1.165, 1.54) is 12.8 Å². The van der Waals surface area contributed by atoms with E-state index in [2.05, 4.69) is 6.92 Å². The zero-order chi connectivity index (χ0) is 12.8. The SMILES string of the molecule is CCCCCOCOC=CCCC(OC)OC. The van der Waals surface area contributed by atoms with Crippen molar-refractivity contribution >= 4 is 0 Å². The summed E-state index contributed by atoms with van der Waals surface area (Å²) in [6.07, 6.45) is 8.70. The van der Waals surface area contributed by atoms with E-state index in [1.54, 1.807) is 20.5 Å². The fourth-order valence-corrected chi connectivity index (χ4v) is 1.30. The van der Waals surface area contributed by atoms with Crippen molar-refractivity contribution in [2.75, 3.05) is 27.6 Å². The number of rotatable bonds is 12. The molecule has 17 heavy (non-hydrogen) atoms. The highest BCUT2D eigenvalue weighted by Crippen LogP contribution is 2.02. The third-order valence-electron chi connectivity index (χ3n) is 2.33. The van der Waals surface area contributed by atoms with Gasteiger partial charge in [-0.05, 0) is 18.9 Å². The molecule has 0 radical (unpaired) electrons. The van der Waals surface area contributed by atoms with E-state index in [-0.39, 0.29) is 6.29 Å². The fourth-order valence-electron chi connectivity index (χ4n) is 1.30. The van der Waals surface area contributed by atoms with Crippen LogP contribution in [-0.2, 0) is 18.9 Å². The largest absolute Gasteiger partial charge is 0.475 e. The molecule has 0 atom stereocenters. The minimum Gasteiger partial charge on any atom is -0.475 e. The summed E-state index contributed by atoms with van der Waals surface area (Å²) in [7, 11) is 3.27. The number of hydrogen-bond donors (Lipinski definition) is 0. The lowest BCUT2D eigenvalue weighted by Gasteiger charge is -2.11. The Kier molecular flexibility index (Phi) is 13.0. The molecule has 102 valence electrons. The maximum atomic E-state index is 5.28. The van der Waals surface area contributed by atoms with Crippen molar-refractivity contribution in [3.05, 3.63) is 12.3 Å². The molecule has 0 aliphatic heterocycles. The van der Waals surface area contributed by atoms with Gasteiger partial charge in [-0.2, -0.15) is 0 Å². The lowest BCUT2D eigenvalue weighted by atomic mass is 10.3.